The lowest BCUT2D eigenvalue weighted by Crippen LogP contribution is -2.13. The lowest BCUT2D eigenvalue weighted by atomic mass is 10.3. The van der Waals surface area contributed by atoms with Crippen molar-refractivity contribution >= 4 is 23.3 Å². The van der Waals surface area contributed by atoms with Gasteiger partial charge in [0.15, 0.2) is 0 Å². The van der Waals surface area contributed by atoms with Gasteiger partial charge in [0.2, 0.25) is 0 Å². The van der Waals surface area contributed by atoms with Gasteiger partial charge in [-0.15, -0.1) is 11.8 Å². The van der Waals surface area contributed by atoms with Crippen molar-refractivity contribution in [1.82, 2.24) is 0 Å². The summed E-state index contributed by atoms with van der Waals surface area (Å²) < 4.78 is 0. The van der Waals surface area contributed by atoms with Crippen molar-refractivity contribution in [3.63, 3.8) is 0 Å². The van der Waals surface area contributed by atoms with Crippen molar-refractivity contribution in [3.8, 4) is 0 Å². The SMILES string of the molecule is N=C1[CH]Sc2ccccc2N1. The number of para-hydroxylation sites is 1. The van der Waals surface area contributed by atoms with Crippen LogP contribution in [0.1, 0.15) is 0 Å². The van der Waals surface area contributed by atoms with Gasteiger partial charge in [0, 0.05) is 4.90 Å². The highest BCUT2D eigenvalue weighted by atomic mass is 32.2. The van der Waals surface area contributed by atoms with E-state index in [2.05, 4.69) is 5.32 Å². The van der Waals surface area contributed by atoms with E-state index in [1.165, 1.54) is 4.90 Å². The molecular formula is C8H7N2S. The molecule has 0 atom stereocenters. The summed E-state index contributed by atoms with van der Waals surface area (Å²) in [5.74, 6) is 2.26. The first kappa shape index (κ1) is 6.73. The number of amidine groups is 1. The molecule has 3 heteroatoms. The Bertz CT molecular complexity index is 296. The summed E-state index contributed by atoms with van der Waals surface area (Å²) in [4.78, 5) is 1.18. The van der Waals surface area contributed by atoms with Crippen LogP contribution in [0.15, 0.2) is 29.2 Å². The Kier molecular flexibility index (Phi) is 1.58. The molecule has 55 valence electrons. The molecule has 0 saturated carbocycles. The van der Waals surface area contributed by atoms with Crippen LogP contribution in [0, 0.1) is 11.2 Å². The summed E-state index contributed by atoms with van der Waals surface area (Å²) in [5.41, 5.74) is 1.03. The van der Waals surface area contributed by atoms with Gasteiger partial charge in [0.05, 0.1) is 11.4 Å². The third-order valence-corrected chi connectivity index (χ3v) is 2.42. The highest BCUT2D eigenvalue weighted by Gasteiger charge is 2.10. The summed E-state index contributed by atoms with van der Waals surface area (Å²) in [5, 5.41) is 10.3. The Hall–Kier alpha value is -0.960. The number of fused-ring (bicyclic) bond motifs is 1. The minimum atomic E-state index is 0.466. The first-order valence-corrected chi connectivity index (χ1v) is 4.19. The highest BCUT2D eigenvalue weighted by molar-refractivity contribution is 8.02. The van der Waals surface area contributed by atoms with Gasteiger partial charge >= 0.3 is 0 Å². The molecule has 0 aliphatic carbocycles. The topological polar surface area (TPSA) is 35.9 Å². The van der Waals surface area contributed by atoms with E-state index in [0.29, 0.717) is 5.84 Å². The fraction of sp³-hybridized carbons (Fsp3) is 0. The average molecular weight is 163 g/mol. The Balaban J connectivity index is 2.41. The number of nitrogens with one attached hydrogen (secondary N) is 2. The molecule has 2 N–H and O–H groups in total. The Morgan fingerprint density at radius 2 is 2.09 bits per heavy atom. The van der Waals surface area contributed by atoms with Gasteiger partial charge < -0.3 is 5.32 Å². The second-order valence-corrected chi connectivity index (χ2v) is 3.18. The van der Waals surface area contributed by atoms with E-state index in [9.17, 15) is 0 Å². The zero-order chi connectivity index (χ0) is 7.68. The lowest BCUT2D eigenvalue weighted by Gasteiger charge is -2.16. The van der Waals surface area contributed by atoms with Crippen LogP contribution in [-0.4, -0.2) is 5.84 Å². The van der Waals surface area contributed by atoms with Gasteiger partial charge in [0.25, 0.3) is 0 Å². The van der Waals surface area contributed by atoms with E-state index < -0.39 is 0 Å². The molecule has 1 aliphatic heterocycles. The Labute approximate surface area is 69.5 Å². The second kappa shape index (κ2) is 2.58. The number of anilines is 1. The maximum absolute atomic E-state index is 7.33. The number of rotatable bonds is 0. The number of hydrogen-bond donors (Lipinski definition) is 2. The van der Waals surface area contributed by atoms with E-state index in [0.717, 1.165) is 5.69 Å². The molecule has 0 unspecified atom stereocenters. The van der Waals surface area contributed by atoms with E-state index in [1.54, 1.807) is 17.5 Å². The van der Waals surface area contributed by atoms with Crippen LogP contribution in [0.3, 0.4) is 0 Å². The van der Waals surface area contributed by atoms with Crippen molar-refractivity contribution in [2.45, 2.75) is 4.90 Å². The van der Waals surface area contributed by atoms with Crippen molar-refractivity contribution in [1.29, 1.82) is 5.41 Å². The van der Waals surface area contributed by atoms with Crippen LogP contribution in [0.5, 0.6) is 0 Å². The molecule has 1 aromatic carbocycles. The van der Waals surface area contributed by atoms with Crippen molar-refractivity contribution in [2.75, 3.05) is 5.32 Å². The van der Waals surface area contributed by atoms with Gasteiger partial charge in [-0.3, -0.25) is 5.41 Å². The molecule has 0 spiro atoms. The zero-order valence-corrected chi connectivity index (χ0v) is 6.61. The summed E-state index contributed by atoms with van der Waals surface area (Å²) in [6.45, 7) is 0. The number of thioether (sulfide) groups is 1. The summed E-state index contributed by atoms with van der Waals surface area (Å²) in [7, 11) is 0. The predicted octanol–water partition coefficient (Wildman–Crippen LogP) is 2.34. The van der Waals surface area contributed by atoms with Crippen LogP contribution < -0.4 is 5.32 Å². The summed E-state index contributed by atoms with van der Waals surface area (Å²) in [6, 6.07) is 7.97. The normalized spacial score (nSPS) is 15.5. The number of benzene rings is 1. The molecule has 1 aromatic rings. The van der Waals surface area contributed by atoms with Gasteiger partial charge in [-0.1, -0.05) is 12.1 Å². The molecule has 0 aromatic heterocycles. The Morgan fingerprint density at radius 1 is 1.27 bits per heavy atom. The van der Waals surface area contributed by atoms with Gasteiger partial charge in [0.1, 0.15) is 5.84 Å². The van der Waals surface area contributed by atoms with E-state index in [-0.39, 0.29) is 0 Å². The van der Waals surface area contributed by atoms with Gasteiger partial charge in [-0.05, 0) is 12.1 Å². The predicted molar refractivity (Wildman–Crippen MR) is 47.9 cm³/mol. The van der Waals surface area contributed by atoms with E-state index in [4.69, 9.17) is 5.41 Å². The largest absolute Gasteiger partial charge is 0.342 e. The summed E-state index contributed by atoms with van der Waals surface area (Å²) >= 11 is 1.58. The van der Waals surface area contributed by atoms with Crippen molar-refractivity contribution in [3.05, 3.63) is 30.0 Å². The maximum atomic E-state index is 7.33. The summed E-state index contributed by atoms with van der Waals surface area (Å²) in [6.07, 6.45) is 0. The molecule has 1 heterocycles. The van der Waals surface area contributed by atoms with E-state index >= 15 is 0 Å². The Morgan fingerprint density at radius 3 is 3.00 bits per heavy atom. The van der Waals surface area contributed by atoms with Crippen LogP contribution >= 0.6 is 11.8 Å². The second-order valence-electron chi connectivity index (χ2n) is 2.27. The average Bonchev–Trinajstić information content (AvgIpc) is 2.04. The quantitative estimate of drug-likeness (QED) is 0.615. The zero-order valence-electron chi connectivity index (χ0n) is 5.79. The molecule has 0 fully saturated rings. The maximum Gasteiger partial charge on any atom is 0.113 e. The molecule has 1 aliphatic rings. The third kappa shape index (κ3) is 1.24. The molecule has 11 heavy (non-hydrogen) atoms. The molecular weight excluding hydrogens is 156 g/mol. The molecule has 2 rings (SSSR count). The molecule has 0 bridgehead atoms. The molecule has 0 amide bonds. The van der Waals surface area contributed by atoms with Crippen LogP contribution in [0.4, 0.5) is 5.69 Å². The van der Waals surface area contributed by atoms with Gasteiger partial charge in [-0.2, -0.15) is 0 Å². The standard InChI is InChI=1S/C8H7N2S/c9-8-5-11-7-4-2-1-3-6(7)10-8/h1-5H,(H2,9,10). The first-order chi connectivity index (χ1) is 5.36. The molecule has 0 saturated heterocycles. The smallest absolute Gasteiger partial charge is 0.113 e. The first-order valence-electron chi connectivity index (χ1n) is 3.31. The van der Waals surface area contributed by atoms with Crippen LogP contribution in [0.2, 0.25) is 0 Å². The van der Waals surface area contributed by atoms with Crippen LogP contribution in [0.25, 0.3) is 0 Å². The fourth-order valence-electron chi connectivity index (χ4n) is 0.970. The van der Waals surface area contributed by atoms with E-state index in [1.807, 2.05) is 24.3 Å². The molecule has 2 nitrogen and oxygen atoms in total. The minimum Gasteiger partial charge on any atom is -0.342 e. The third-order valence-electron chi connectivity index (χ3n) is 1.46. The monoisotopic (exact) mass is 163 g/mol. The lowest BCUT2D eigenvalue weighted by molar-refractivity contribution is 1.39. The highest BCUT2D eigenvalue weighted by Crippen LogP contribution is 2.32. The minimum absolute atomic E-state index is 0.466. The van der Waals surface area contributed by atoms with Crippen molar-refractivity contribution in [2.24, 2.45) is 0 Å². The molecule has 1 radical (unpaired) electrons. The fourth-order valence-corrected chi connectivity index (χ4v) is 1.68. The number of hydrogen-bond acceptors (Lipinski definition) is 2. The van der Waals surface area contributed by atoms with Gasteiger partial charge in [-0.25, -0.2) is 0 Å². The van der Waals surface area contributed by atoms with Crippen molar-refractivity contribution < 1.29 is 0 Å². The van der Waals surface area contributed by atoms with Crippen LogP contribution in [-0.2, 0) is 0 Å².